The lowest BCUT2D eigenvalue weighted by Crippen LogP contribution is -2.50. The lowest BCUT2D eigenvalue weighted by molar-refractivity contribution is 0.0688. The maximum atomic E-state index is 13.8. The van der Waals surface area contributed by atoms with Crippen molar-refractivity contribution in [3.8, 4) is 0 Å². The van der Waals surface area contributed by atoms with Crippen LogP contribution in [0.5, 0.6) is 0 Å². The van der Waals surface area contributed by atoms with E-state index in [2.05, 4.69) is 0 Å². The van der Waals surface area contributed by atoms with E-state index in [4.69, 9.17) is 0 Å². The standard InChI is InChI=1S/C16H18FN3O3S/c1-18-8-4-6-14(18)16(21)19-9-11-20(12-10-19)24(22,23)15-7-3-2-5-13(15)17/h2-8H,9-12H2,1H3. The van der Waals surface area contributed by atoms with E-state index in [0.29, 0.717) is 5.69 Å². The molecule has 0 radical (unpaired) electrons. The molecule has 0 bridgehead atoms. The summed E-state index contributed by atoms with van der Waals surface area (Å²) in [5.41, 5.74) is 0.556. The average Bonchev–Trinajstić information content (AvgIpc) is 3.00. The van der Waals surface area contributed by atoms with Crippen LogP contribution in [-0.4, -0.2) is 54.3 Å². The number of benzene rings is 1. The molecule has 0 atom stereocenters. The van der Waals surface area contributed by atoms with Gasteiger partial charge in [0.15, 0.2) is 0 Å². The molecule has 0 spiro atoms. The third-order valence-corrected chi connectivity index (χ3v) is 6.08. The number of amides is 1. The minimum Gasteiger partial charge on any atom is -0.347 e. The maximum absolute atomic E-state index is 13.8. The quantitative estimate of drug-likeness (QED) is 0.838. The molecule has 6 nitrogen and oxygen atoms in total. The number of piperazine rings is 1. The minimum atomic E-state index is -3.89. The minimum absolute atomic E-state index is 0.134. The monoisotopic (exact) mass is 351 g/mol. The third-order valence-electron chi connectivity index (χ3n) is 4.14. The van der Waals surface area contributed by atoms with E-state index in [9.17, 15) is 17.6 Å². The van der Waals surface area contributed by atoms with Crippen molar-refractivity contribution in [3.63, 3.8) is 0 Å². The average molecular weight is 351 g/mol. The molecule has 8 heteroatoms. The van der Waals surface area contributed by atoms with Crippen molar-refractivity contribution in [3.05, 3.63) is 54.1 Å². The first-order valence-corrected chi connectivity index (χ1v) is 9.00. The number of rotatable bonds is 3. The van der Waals surface area contributed by atoms with E-state index < -0.39 is 15.8 Å². The highest BCUT2D eigenvalue weighted by molar-refractivity contribution is 7.89. The van der Waals surface area contributed by atoms with Crippen molar-refractivity contribution in [2.24, 2.45) is 7.05 Å². The number of halogens is 1. The van der Waals surface area contributed by atoms with E-state index in [1.807, 2.05) is 0 Å². The highest BCUT2D eigenvalue weighted by atomic mass is 32.2. The molecule has 24 heavy (non-hydrogen) atoms. The molecular formula is C16H18FN3O3S. The van der Waals surface area contributed by atoms with Crippen molar-refractivity contribution in [1.82, 2.24) is 13.8 Å². The predicted molar refractivity (Wildman–Crippen MR) is 86.5 cm³/mol. The lowest BCUT2D eigenvalue weighted by Gasteiger charge is -2.34. The van der Waals surface area contributed by atoms with Crippen LogP contribution in [0.3, 0.4) is 0 Å². The fourth-order valence-corrected chi connectivity index (χ4v) is 4.26. The second-order valence-electron chi connectivity index (χ2n) is 5.63. The number of nitrogens with zero attached hydrogens (tertiary/aromatic N) is 3. The second-order valence-corrected chi connectivity index (χ2v) is 7.54. The van der Waals surface area contributed by atoms with Gasteiger partial charge in [-0.25, -0.2) is 12.8 Å². The van der Waals surface area contributed by atoms with Gasteiger partial charge in [0, 0.05) is 39.4 Å². The Morgan fingerprint density at radius 2 is 1.71 bits per heavy atom. The zero-order valence-corrected chi connectivity index (χ0v) is 14.0. The Kier molecular flexibility index (Phi) is 4.42. The van der Waals surface area contributed by atoms with Gasteiger partial charge in [0.1, 0.15) is 16.4 Å². The van der Waals surface area contributed by atoms with Crippen LogP contribution >= 0.6 is 0 Å². The fourth-order valence-electron chi connectivity index (χ4n) is 2.77. The van der Waals surface area contributed by atoms with E-state index in [-0.39, 0.29) is 37.0 Å². The Hall–Kier alpha value is -2.19. The van der Waals surface area contributed by atoms with Gasteiger partial charge in [0.05, 0.1) is 0 Å². The Bertz CT molecular complexity index is 855. The van der Waals surface area contributed by atoms with Gasteiger partial charge in [0.25, 0.3) is 5.91 Å². The normalized spacial score (nSPS) is 16.3. The van der Waals surface area contributed by atoms with E-state index in [0.717, 1.165) is 6.07 Å². The van der Waals surface area contributed by atoms with Crippen LogP contribution in [0.25, 0.3) is 0 Å². The zero-order valence-electron chi connectivity index (χ0n) is 13.2. The first kappa shape index (κ1) is 16.7. The van der Waals surface area contributed by atoms with Crippen LogP contribution in [-0.2, 0) is 17.1 Å². The summed E-state index contributed by atoms with van der Waals surface area (Å²) in [6.45, 7) is 0.842. The van der Waals surface area contributed by atoms with E-state index in [1.165, 1.54) is 22.5 Å². The SMILES string of the molecule is Cn1cccc1C(=O)N1CCN(S(=O)(=O)c2ccccc2F)CC1. The molecule has 1 amide bonds. The predicted octanol–water partition coefficient (Wildman–Crippen LogP) is 1.31. The molecule has 3 rings (SSSR count). The summed E-state index contributed by atoms with van der Waals surface area (Å²) in [6.07, 6.45) is 1.78. The van der Waals surface area contributed by atoms with Gasteiger partial charge in [-0.1, -0.05) is 12.1 Å². The van der Waals surface area contributed by atoms with Crippen LogP contribution in [0.4, 0.5) is 4.39 Å². The summed E-state index contributed by atoms with van der Waals surface area (Å²) in [4.78, 5) is 13.7. The molecule has 2 aromatic rings. The van der Waals surface area contributed by atoms with Crippen molar-refractivity contribution < 1.29 is 17.6 Å². The van der Waals surface area contributed by atoms with Crippen molar-refractivity contribution >= 4 is 15.9 Å². The summed E-state index contributed by atoms with van der Waals surface area (Å²) in [7, 11) is -2.10. The van der Waals surface area contributed by atoms with Crippen LogP contribution in [0.1, 0.15) is 10.5 Å². The molecule has 2 heterocycles. The highest BCUT2D eigenvalue weighted by Gasteiger charge is 2.32. The Morgan fingerprint density at radius 1 is 1.04 bits per heavy atom. The number of aryl methyl sites for hydroxylation is 1. The van der Waals surface area contributed by atoms with Gasteiger partial charge < -0.3 is 9.47 Å². The molecule has 1 aromatic heterocycles. The summed E-state index contributed by atoms with van der Waals surface area (Å²) < 4.78 is 41.8. The molecule has 0 N–H and O–H groups in total. The molecular weight excluding hydrogens is 333 g/mol. The Labute approximate surface area is 140 Å². The molecule has 1 saturated heterocycles. The number of sulfonamides is 1. The summed E-state index contributed by atoms with van der Waals surface area (Å²) in [5.74, 6) is -0.898. The van der Waals surface area contributed by atoms with Gasteiger partial charge in [-0.05, 0) is 24.3 Å². The molecule has 1 aliphatic rings. The van der Waals surface area contributed by atoms with Crippen LogP contribution in [0, 0.1) is 5.82 Å². The summed E-state index contributed by atoms with van der Waals surface area (Å²) in [5, 5.41) is 0. The zero-order chi connectivity index (χ0) is 17.3. The molecule has 1 fully saturated rings. The molecule has 1 aromatic carbocycles. The largest absolute Gasteiger partial charge is 0.347 e. The molecule has 0 aliphatic carbocycles. The topological polar surface area (TPSA) is 62.6 Å². The summed E-state index contributed by atoms with van der Waals surface area (Å²) >= 11 is 0. The van der Waals surface area contributed by atoms with Crippen molar-refractivity contribution in [2.75, 3.05) is 26.2 Å². The van der Waals surface area contributed by atoms with Crippen molar-refractivity contribution in [1.29, 1.82) is 0 Å². The van der Waals surface area contributed by atoms with Gasteiger partial charge >= 0.3 is 0 Å². The second kappa shape index (κ2) is 6.37. The van der Waals surface area contributed by atoms with Gasteiger partial charge in [0.2, 0.25) is 10.0 Å². The van der Waals surface area contributed by atoms with Gasteiger partial charge in [-0.15, -0.1) is 0 Å². The Balaban J connectivity index is 1.72. The molecule has 1 aliphatic heterocycles. The highest BCUT2D eigenvalue weighted by Crippen LogP contribution is 2.21. The van der Waals surface area contributed by atoms with Crippen LogP contribution < -0.4 is 0 Å². The fraction of sp³-hybridized carbons (Fsp3) is 0.312. The first-order valence-electron chi connectivity index (χ1n) is 7.56. The first-order chi connectivity index (χ1) is 11.4. The molecule has 0 saturated carbocycles. The number of hydrogen-bond acceptors (Lipinski definition) is 3. The Morgan fingerprint density at radius 3 is 2.29 bits per heavy atom. The number of aromatic nitrogens is 1. The third kappa shape index (κ3) is 2.94. The van der Waals surface area contributed by atoms with Gasteiger partial charge in [-0.3, -0.25) is 4.79 Å². The summed E-state index contributed by atoms with van der Waals surface area (Å²) in [6, 6.07) is 8.83. The number of carbonyl (C=O) groups excluding carboxylic acids is 1. The molecule has 128 valence electrons. The van der Waals surface area contributed by atoms with Gasteiger partial charge in [-0.2, -0.15) is 4.31 Å². The number of hydrogen-bond donors (Lipinski definition) is 0. The van der Waals surface area contributed by atoms with E-state index >= 15 is 0 Å². The van der Waals surface area contributed by atoms with E-state index in [1.54, 1.807) is 34.8 Å². The van der Waals surface area contributed by atoms with Crippen LogP contribution in [0.2, 0.25) is 0 Å². The van der Waals surface area contributed by atoms with Crippen LogP contribution in [0.15, 0.2) is 47.5 Å². The number of carbonyl (C=O) groups is 1. The molecule has 0 unspecified atom stereocenters. The lowest BCUT2D eigenvalue weighted by atomic mass is 10.3. The van der Waals surface area contributed by atoms with Crippen molar-refractivity contribution in [2.45, 2.75) is 4.90 Å². The maximum Gasteiger partial charge on any atom is 0.270 e. The smallest absolute Gasteiger partial charge is 0.270 e.